The number of benzene rings is 2. The highest BCUT2D eigenvalue weighted by Crippen LogP contribution is 2.24. The van der Waals surface area contributed by atoms with Crippen LogP contribution in [0, 0.1) is 6.92 Å². The van der Waals surface area contributed by atoms with Crippen molar-refractivity contribution >= 4 is 23.4 Å². The van der Waals surface area contributed by atoms with Crippen LogP contribution < -0.4 is 4.90 Å². The first-order chi connectivity index (χ1) is 12.0. The molecule has 0 radical (unpaired) electrons. The van der Waals surface area contributed by atoms with Gasteiger partial charge in [-0.3, -0.25) is 19.3 Å². The Morgan fingerprint density at radius 1 is 0.960 bits per heavy atom. The summed E-state index contributed by atoms with van der Waals surface area (Å²) < 4.78 is 0. The summed E-state index contributed by atoms with van der Waals surface area (Å²) in [5.74, 6) is -0.630. The molecule has 0 aromatic heterocycles. The van der Waals surface area contributed by atoms with E-state index >= 15 is 0 Å². The Kier molecular flexibility index (Phi) is 4.65. The van der Waals surface area contributed by atoms with E-state index in [0.29, 0.717) is 17.5 Å². The van der Waals surface area contributed by atoms with E-state index in [-0.39, 0.29) is 30.8 Å². The topological polar surface area (TPSA) is 57.7 Å². The number of anilines is 1. The number of para-hydroxylation sites is 1. The summed E-state index contributed by atoms with van der Waals surface area (Å²) in [6.45, 7) is 4.19. The molecule has 128 valence electrons. The predicted octanol–water partition coefficient (Wildman–Crippen LogP) is 3.03. The Bertz CT molecular complexity index is 809. The van der Waals surface area contributed by atoms with Crippen molar-refractivity contribution in [3.8, 4) is 0 Å². The monoisotopic (exact) mass is 336 g/mol. The summed E-state index contributed by atoms with van der Waals surface area (Å²) in [5.41, 5.74) is 2.64. The number of fused-ring (bicyclic) bond motifs is 1. The third kappa shape index (κ3) is 3.05. The van der Waals surface area contributed by atoms with Gasteiger partial charge < -0.3 is 4.90 Å². The Balaban J connectivity index is 1.81. The highest BCUT2D eigenvalue weighted by molar-refractivity contribution is 6.21. The summed E-state index contributed by atoms with van der Waals surface area (Å²) in [4.78, 5) is 40.2. The van der Waals surface area contributed by atoms with Crippen LogP contribution >= 0.6 is 0 Å². The second-order valence-electron chi connectivity index (χ2n) is 5.99. The van der Waals surface area contributed by atoms with Crippen LogP contribution in [-0.2, 0) is 4.79 Å². The van der Waals surface area contributed by atoms with Crippen LogP contribution in [0.2, 0.25) is 0 Å². The van der Waals surface area contributed by atoms with Crippen molar-refractivity contribution in [2.24, 2.45) is 0 Å². The minimum atomic E-state index is -0.297. The summed E-state index contributed by atoms with van der Waals surface area (Å²) >= 11 is 0. The van der Waals surface area contributed by atoms with Gasteiger partial charge in [0.25, 0.3) is 11.8 Å². The summed E-state index contributed by atoms with van der Waals surface area (Å²) in [5, 5.41) is 0. The SMILES string of the molecule is CCC(=O)N(CCN1C(=O)c2ccccc2C1=O)c1ccccc1C. The molecule has 5 nitrogen and oxygen atoms in total. The quantitative estimate of drug-likeness (QED) is 0.789. The van der Waals surface area contributed by atoms with Gasteiger partial charge in [0.2, 0.25) is 5.91 Å². The number of hydrogen-bond donors (Lipinski definition) is 0. The van der Waals surface area contributed by atoms with Gasteiger partial charge in [-0.1, -0.05) is 37.3 Å². The van der Waals surface area contributed by atoms with Gasteiger partial charge in [0.1, 0.15) is 0 Å². The lowest BCUT2D eigenvalue weighted by Gasteiger charge is -2.26. The van der Waals surface area contributed by atoms with Gasteiger partial charge in [0, 0.05) is 25.2 Å². The normalized spacial score (nSPS) is 13.1. The maximum atomic E-state index is 12.5. The fourth-order valence-corrected chi connectivity index (χ4v) is 3.08. The number of carbonyl (C=O) groups excluding carboxylic acids is 3. The van der Waals surface area contributed by atoms with E-state index in [2.05, 4.69) is 0 Å². The van der Waals surface area contributed by atoms with Gasteiger partial charge in [-0.05, 0) is 30.7 Å². The number of carbonyl (C=O) groups is 3. The average molecular weight is 336 g/mol. The second kappa shape index (κ2) is 6.89. The van der Waals surface area contributed by atoms with Crippen LogP contribution in [0.1, 0.15) is 39.6 Å². The first-order valence-corrected chi connectivity index (χ1v) is 8.35. The first-order valence-electron chi connectivity index (χ1n) is 8.35. The highest BCUT2D eigenvalue weighted by Gasteiger charge is 2.35. The molecule has 25 heavy (non-hydrogen) atoms. The maximum absolute atomic E-state index is 12.5. The molecule has 0 fully saturated rings. The molecule has 0 unspecified atom stereocenters. The molecule has 1 heterocycles. The smallest absolute Gasteiger partial charge is 0.261 e. The zero-order valence-corrected chi connectivity index (χ0v) is 14.4. The van der Waals surface area contributed by atoms with E-state index < -0.39 is 0 Å². The van der Waals surface area contributed by atoms with Crippen molar-refractivity contribution in [1.82, 2.24) is 4.90 Å². The molecule has 0 N–H and O–H groups in total. The third-order valence-corrected chi connectivity index (χ3v) is 4.44. The van der Waals surface area contributed by atoms with Crippen LogP contribution in [0.4, 0.5) is 5.69 Å². The van der Waals surface area contributed by atoms with Crippen LogP contribution in [0.3, 0.4) is 0 Å². The number of amides is 3. The van der Waals surface area contributed by atoms with Crippen LogP contribution in [0.15, 0.2) is 48.5 Å². The molecule has 0 spiro atoms. The lowest BCUT2D eigenvalue weighted by atomic mass is 10.1. The van der Waals surface area contributed by atoms with Gasteiger partial charge in [0.05, 0.1) is 11.1 Å². The van der Waals surface area contributed by atoms with Gasteiger partial charge in [-0.2, -0.15) is 0 Å². The van der Waals surface area contributed by atoms with Crippen molar-refractivity contribution in [3.05, 3.63) is 65.2 Å². The number of hydrogen-bond acceptors (Lipinski definition) is 3. The number of aryl methyl sites for hydroxylation is 1. The predicted molar refractivity (Wildman–Crippen MR) is 95.6 cm³/mol. The lowest BCUT2D eigenvalue weighted by Crippen LogP contribution is -2.41. The fraction of sp³-hybridized carbons (Fsp3) is 0.250. The fourth-order valence-electron chi connectivity index (χ4n) is 3.08. The van der Waals surface area contributed by atoms with Gasteiger partial charge in [-0.15, -0.1) is 0 Å². The van der Waals surface area contributed by atoms with Crippen molar-refractivity contribution in [1.29, 1.82) is 0 Å². The Labute approximate surface area is 146 Å². The molecular formula is C20H20N2O3. The molecule has 0 bridgehead atoms. The molecule has 2 aromatic rings. The minimum absolute atomic E-state index is 0.0362. The summed E-state index contributed by atoms with van der Waals surface area (Å²) in [6.07, 6.45) is 0.358. The third-order valence-electron chi connectivity index (χ3n) is 4.44. The van der Waals surface area contributed by atoms with Crippen LogP contribution in [0.25, 0.3) is 0 Å². The number of imide groups is 1. The number of nitrogens with zero attached hydrogens (tertiary/aromatic N) is 2. The Hall–Kier alpha value is -2.95. The van der Waals surface area contributed by atoms with Gasteiger partial charge >= 0.3 is 0 Å². The molecule has 0 saturated carbocycles. The molecule has 0 saturated heterocycles. The van der Waals surface area contributed by atoms with Crippen molar-refractivity contribution < 1.29 is 14.4 Å². The minimum Gasteiger partial charge on any atom is -0.310 e. The molecule has 0 atom stereocenters. The molecule has 0 aliphatic carbocycles. The standard InChI is InChI=1S/C20H20N2O3/c1-3-18(23)21(17-11-7-4-8-14(17)2)12-13-22-19(24)15-9-5-6-10-16(15)20(22)25/h4-11H,3,12-13H2,1-2H3. The van der Waals surface area contributed by atoms with Crippen molar-refractivity contribution in [2.45, 2.75) is 20.3 Å². The van der Waals surface area contributed by atoms with E-state index in [4.69, 9.17) is 0 Å². The Morgan fingerprint density at radius 3 is 2.08 bits per heavy atom. The van der Waals surface area contributed by atoms with E-state index in [1.54, 1.807) is 36.1 Å². The molecule has 3 rings (SSSR count). The van der Waals surface area contributed by atoms with E-state index in [1.807, 2.05) is 31.2 Å². The Morgan fingerprint density at radius 2 is 1.52 bits per heavy atom. The first kappa shape index (κ1) is 16.9. The second-order valence-corrected chi connectivity index (χ2v) is 5.99. The van der Waals surface area contributed by atoms with Gasteiger partial charge in [-0.25, -0.2) is 0 Å². The van der Waals surface area contributed by atoms with Gasteiger partial charge in [0.15, 0.2) is 0 Å². The van der Waals surface area contributed by atoms with Crippen LogP contribution in [-0.4, -0.2) is 35.7 Å². The molecule has 3 amide bonds. The van der Waals surface area contributed by atoms with Crippen LogP contribution in [0.5, 0.6) is 0 Å². The zero-order valence-electron chi connectivity index (χ0n) is 14.4. The summed E-state index contributed by atoms with van der Waals surface area (Å²) in [7, 11) is 0. The lowest BCUT2D eigenvalue weighted by molar-refractivity contribution is -0.118. The molecular weight excluding hydrogens is 316 g/mol. The van der Waals surface area contributed by atoms with Crippen molar-refractivity contribution in [2.75, 3.05) is 18.0 Å². The molecule has 1 aliphatic rings. The zero-order chi connectivity index (χ0) is 18.0. The molecule has 2 aromatic carbocycles. The summed E-state index contributed by atoms with van der Waals surface area (Å²) in [6, 6.07) is 14.4. The molecule has 1 aliphatic heterocycles. The highest BCUT2D eigenvalue weighted by atomic mass is 16.2. The maximum Gasteiger partial charge on any atom is 0.261 e. The largest absolute Gasteiger partial charge is 0.310 e. The van der Waals surface area contributed by atoms with Crippen molar-refractivity contribution in [3.63, 3.8) is 0 Å². The number of rotatable bonds is 5. The van der Waals surface area contributed by atoms with E-state index in [0.717, 1.165) is 11.3 Å². The van der Waals surface area contributed by atoms with E-state index in [9.17, 15) is 14.4 Å². The van der Waals surface area contributed by atoms with E-state index in [1.165, 1.54) is 4.90 Å². The molecule has 5 heteroatoms. The average Bonchev–Trinajstić information content (AvgIpc) is 2.88.